The van der Waals surface area contributed by atoms with Gasteiger partial charge in [-0.15, -0.1) is 11.3 Å². The molecule has 0 aliphatic carbocycles. The van der Waals surface area contributed by atoms with E-state index in [0.717, 1.165) is 27.3 Å². The third-order valence-corrected chi connectivity index (χ3v) is 7.12. The fraction of sp³-hybridized carbons (Fsp3) is 0.217. The van der Waals surface area contributed by atoms with Crippen LogP contribution in [-0.4, -0.2) is 52.2 Å². The minimum Gasteiger partial charge on any atom is -0.395 e. The zero-order chi connectivity index (χ0) is 24.9. The zero-order valence-corrected chi connectivity index (χ0v) is 20.4. The number of fused-ring (bicyclic) bond motifs is 1. The molecule has 3 amide bonds. The maximum Gasteiger partial charge on any atom is 0.270 e. The average molecular weight is 513 g/mol. The smallest absolute Gasteiger partial charge is 0.270 e. The van der Waals surface area contributed by atoms with Gasteiger partial charge in [0.25, 0.3) is 11.8 Å². The number of carbonyl (C=O) groups is 3. The first kappa shape index (κ1) is 24.4. The van der Waals surface area contributed by atoms with Crippen molar-refractivity contribution in [2.45, 2.75) is 12.6 Å². The van der Waals surface area contributed by atoms with E-state index < -0.39 is 17.9 Å². The minimum atomic E-state index is -1.00. The number of benzene rings is 1. The summed E-state index contributed by atoms with van der Waals surface area (Å²) in [6.45, 7) is 0.723. The fourth-order valence-electron chi connectivity index (χ4n) is 3.75. The molecular formula is C23H24N6O4S2. The first-order valence-corrected chi connectivity index (χ1v) is 12.3. The molecule has 1 aromatic carbocycles. The predicted octanol–water partition coefficient (Wildman–Crippen LogP) is 2.51. The van der Waals surface area contributed by atoms with Crippen molar-refractivity contribution in [3.8, 4) is 0 Å². The highest BCUT2D eigenvalue weighted by Gasteiger charge is 2.36. The van der Waals surface area contributed by atoms with Gasteiger partial charge in [-0.1, -0.05) is 24.3 Å². The van der Waals surface area contributed by atoms with E-state index in [0.29, 0.717) is 12.2 Å². The minimum absolute atomic E-state index is 0.0462. The molecule has 0 aliphatic rings. The molecule has 35 heavy (non-hydrogen) atoms. The Kier molecular flexibility index (Phi) is 7.44. The van der Waals surface area contributed by atoms with Crippen LogP contribution < -0.4 is 16.8 Å². The van der Waals surface area contributed by atoms with E-state index >= 15 is 0 Å². The molecule has 0 saturated carbocycles. The van der Waals surface area contributed by atoms with Gasteiger partial charge in [-0.3, -0.25) is 14.4 Å². The number of thiophene rings is 1. The van der Waals surface area contributed by atoms with E-state index in [1.807, 2.05) is 41.8 Å². The van der Waals surface area contributed by atoms with Gasteiger partial charge in [0, 0.05) is 41.2 Å². The van der Waals surface area contributed by atoms with Gasteiger partial charge < -0.3 is 31.4 Å². The SMILES string of the molecule is COCCNC(=O)C(c1c[nH]c2ccccc12)N(Cc1cccs1)C(=O)c1snc(C(N)=O)c1N. The molecule has 0 spiro atoms. The lowest BCUT2D eigenvalue weighted by Crippen LogP contribution is -2.44. The predicted molar refractivity (Wildman–Crippen MR) is 135 cm³/mol. The Hall–Kier alpha value is -3.74. The summed E-state index contributed by atoms with van der Waals surface area (Å²) in [6, 6.07) is 10.3. The Bertz CT molecular complexity index is 1350. The van der Waals surface area contributed by atoms with E-state index in [-0.39, 0.29) is 35.3 Å². The highest BCUT2D eigenvalue weighted by atomic mass is 32.1. The molecule has 10 nitrogen and oxygen atoms in total. The van der Waals surface area contributed by atoms with Gasteiger partial charge >= 0.3 is 0 Å². The van der Waals surface area contributed by atoms with Crippen LogP contribution in [0.15, 0.2) is 48.0 Å². The number of nitrogens with two attached hydrogens (primary N) is 2. The van der Waals surface area contributed by atoms with Gasteiger partial charge in [-0.2, -0.15) is 4.37 Å². The van der Waals surface area contributed by atoms with Crippen LogP contribution in [0.4, 0.5) is 5.69 Å². The first-order valence-electron chi connectivity index (χ1n) is 10.6. The Morgan fingerprint density at radius 2 is 2.03 bits per heavy atom. The summed E-state index contributed by atoms with van der Waals surface area (Å²) in [7, 11) is 1.54. The van der Waals surface area contributed by atoms with Crippen LogP contribution >= 0.6 is 22.9 Å². The number of anilines is 1. The number of aromatic nitrogens is 2. The molecule has 12 heteroatoms. The van der Waals surface area contributed by atoms with E-state index in [9.17, 15) is 14.4 Å². The second-order valence-electron chi connectivity index (χ2n) is 7.63. The summed E-state index contributed by atoms with van der Waals surface area (Å²) in [6.07, 6.45) is 1.73. The number of rotatable bonds is 10. The number of methoxy groups -OCH3 is 1. The average Bonchev–Trinajstić information content (AvgIpc) is 3.59. The lowest BCUT2D eigenvalue weighted by Gasteiger charge is -2.30. The van der Waals surface area contributed by atoms with Crippen molar-refractivity contribution < 1.29 is 19.1 Å². The van der Waals surface area contributed by atoms with Crippen LogP contribution in [0.5, 0.6) is 0 Å². The van der Waals surface area contributed by atoms with Crippen molar-refractivity contribution in [1.29, 1.82) is 0 Å². The number of aromatic amines is 1. The summed E-state index contributed by atoms with van der Waals surface area (Å²) < 4.78 is 9.04. The van der Waals surface area contributed by atoms with Crippen molar-refractivity contribution in [3.05, 3.63) is 69.0 Å². The number of hydrogen-bond acceptors (Lipinski definition) is 8. The number of nitrogens with zero attached hydrogens (tertiary/aromatic N) is 2. The molecule has 3 aromatic heterocycles. The number of H-pyrrole nitrogens is 1. The normalized spacial score (nSPS) is 11.9. The highest BCUT2D eigenvalue weighted by molar-refractivity contribution is 7.10. The Morgan fingerprint density at radius 3 is 2.71 bits per heavy atom. The van der Waals surface area contributed by atoms with Crippen molar-refractivity contribution in [2.24, 2.45) is 5.73 Å². The maximum atomic E-state index is 13.9. The van der Waals surface area contributed by atoms with Crippen LogP contribution in [0.2, 0.25) is 0 Å². The van der Waals surface area contributed by atoms with Gasteiger partial charge in [0.1, 0.15) is 10.9 Å². The monoisotopic (exact) mass is 512 g/mol. The summed E-state index contributed by atoms with van der Waals surface area (Å²) >= 11 is 2.24. The second-order valence-corrected chi connectivity index (χ2v) is 9.43. The van der Waals surface area contributed by atoms with Crippen LogP contribution in [0.1, 0.15) is 36.6 Å². The molecule has 3 heterocycles. The number of hydrogen-bond donors (Lipinski definition) is 4. The summed E-state index contributed by atoms with van der Waals surface area (Å²) in [5.74, 6) is -1.74. The van der Waals surface area contributed by atoms with Crippen molar-refractivity contribution in [3.63, 3.8) is 0 Å². The van der Waals surface area contributed by atoms with E-state index in [2.05, 4.69) is 14.7 Å². The van der Waals surface area contributed by atoms with E-state index in [4.69, 9.17) is 16.2 Å². The molecular weight excluding hydrogens is 488 g/mol. The maximum absolute atomic E-state index is 13.9. The Balaban J connectivity index is 1.83. The number of carbonyl (C=O) groups excluding carboxylic acids is 3. The molecule has 4 aromatic rings. The number of nitrogens with one attached hydrogen (secondary N) is 2. The first-order chi connectivity index (χ1) is 16.9. The Labute approximate surface area is 209 Å². The molecule has 0 radical (unpaired) electrons. The molecule has 6 N–H and O–H groups in total. The molecule has 1 unspecified atom stereocenters. The quantitative estimate of drug-likeness (QED) is 0.239. The standard InChI is InChI=1S/C23H24N6O4S2/c1-33-9-8-26-22(31)19(15-11-27-16-7-3-2-6-14(15)16)29(12-13-5-4-10-34-13)23(32)20-17(24)18(21(25)30)28-35-20/h2-7,10-11,19,27H,8-9,12,24H2,1H3,(H2,25,30)(H,26,31). The molecule has 1 atom stereocenters. The highest BCUT2D eigenvalue weighted by Crippen LogP contribution is 2.34. The van der Waals surface area contributed by atoms with Crippen LogP contribution in [0.3, 0.4) is 0 Å². The van der Waals surface area contributed by atoms with Crippen molar-refractivity contribution >= 4 is 57.2 Å². The summed E-state index contributed by atoms with van der Waals surface area (Å²) in [4.78, 5) is 44.7. The molecule has 0 fully saturated rings. The molecule has 182 valence electrons. The fourth-order valence-corrected chi connectivity index (χ4v) is 5.22. The van der Waals surface area contributed by atoms with Crippen LogP contribution in [0.25, 0.3) is 10.9 Å². The van der Waals surface area contributed by atoms with Gasteiger partial charge in [-0.25, -0.2) is 0 Å². The number of primary amides is 1. The number of ether oxygens (including phenoxy) is 1. The summed E-state index contributed by atoms with van der Waals surface area (Å²) in [5.41, 5.74) is 12.6. The third-order valence-electron chi connectivity index (χ3n) is 5.40. The Morgan fingerprint density at radius 1 is 1.23 bits per heavy atom. The molecule has 0 bridgehead atoms. The van der Waals surface area contributed by atoms with Crippen molar-refractivity contribution in [1.82, 2.24) is 19.6 Å². The summed E-state index contributed by atoms with van der Waals surface area (Å²) in [5, 5.41) is 5.55. The van der Waals surface area contributed by atoms with Gasteiger partial charge in [0.15, 0.2) is 5.69 Å². The van der Waals surface area contributed by atoms with Crippen molar-refractivity contribution in [2.75, 3.05) is 26.0 Å². The lowest BCUT2D eigenvalue weighted by atomic mass is 10.0. The van der Waals surface area contributed by atoms with Crippen LogP contribution in [0, 0.1) is 0 Å². The van der Waals surface area contributed by atoms with E-state index in [1.54, 1.807) is 13.3 Å². The lowest BCUT2D eigenvalue weighted by molar-refractivity contribution is -0.126. The number of para-hydroxylation sites is 1. The largest absolute Gasteiger partial charge is 0.395 e. The number of nitrogen functional groups attached to an aromatic ring is 1. The van der Waals surface area contributed by atoms with E-state index in [1.165, 1.54) is 16.2 Å². The van der Waals surface area contributed by atoms with Crippen LogP contribution in [-0.2, 0) is 16.1 Å². The topological polar surface area (TPSA) is 156 Å². The third kappa shape index (κ3) is 5.04. The van der Waals surface area contributed by atoms with Gasteiger partial charge in [-0.05, 0) is 29.0 Å². The number of amides is 3. The second kappa shape index (κ2) is 10.7. The van der Waals surface area contributed by atoms with Gasteiger partial charge in [0.05, 0.1) is 18.8 Å². The molecule has 4 rings (SSSR count). The van der Waals surface area contributed by atoms with Gasteiger partial charge in [0.2, 0.25) is 5.91 Å². The molecule has 0 saturated heterocycles. The molecule has 0 aliphatic heterocycles. The zero-order valence-electron chi connectivity index (χ0n) is 18.8.